The van der Waals surface area contributed by atoms with Crippen LogP contribution in [0.4, 0.5) is 0 Å². The van der Waals surface area contributed by atoms with E-state index in [-0.39, 0.29) is 29.5 Å². The van der Waals surface area contributed by atoms with Gasteiger partial charge in [0.05, 0.1) is 28.1 Å². The van der Waals surface area contributed by atoms with Crippen molar-refractivity contribution in [1.29, 1.82) is 0 Å². The molecule has 8 heteroatoms. The number of amides is 1. The summed E-state index contributed by atoms with van der Waals surface area (Å²) in [4.78, 5) is 19.8. The molecular weight excluding hydrogens is 340 g/mol. The van der Waals surface area contributed by atoms with E-state index in [2.05, 4.69) is 10.1 Å². The topological polar surface area (TPSA) is 85.2 Å². The van der Waals surface area contributed by atoms with Crippen LogP contribution < -0.4 is 0 Å². The molecule has 7 nitrogen and oxygen atoms in total. The molecule has 3 heterocycles. The van der Waals surface area contributed by atoms with Crippen molar-refractivity contribution in [1.82, 2.24) is 19.7 Å². The van der Waals surface area contributed by atoms with E-state index in [1.807, 2.05) is 25.8 Å². The fraction of sp³-hybridized carbons (Fsp3) is 0.588. The smallest absolute Gasteiger partial charge is 0.255 e. The summed E-state index contributed by atoms with van der Waals surface area (Å²) in [6.45, 7) is 3.73. The average molecular weight is 362 g/mol. The largest absolute Gasteiger partial charge is 0.332 e. The standard InChI is InChI=1S/C17H22N4O3S/c1-10-8-14(15-11(2)19-20(3)16(15)18-10)17(22)21(12-4-5-12)13-6-7-25(23,24)9-13/h8,12-13H,4-7,9H2,1-3H3. The van der Waals surface area contributed by atoms with Crippen molar-refractivity contribution in [3.05, 3.63) is 23.0 Å². The fourth-order valence-corrected chi connectivity index (χ4v) is 5.57. The molecule has 1 unspecified atom stereocenters. The summed E-state index contributed by atoms with van der Waals surface area (Å²) >= 11 is 0. The lowest BCUT2D eigenvalue weighted by molar-refractivity contribution is 0.0682. The molecule has 2 aliphatic rings. The third-order valence-electron chi connectivity index (χ3n) is 5.10. The molecule has 134 valence electrons. The van der Waals surface area contributed by atoms with E-state index >= 15 is 0 Å². The van der Waals surface area contributed by atoms with Gasteiger partial charge in [-0.25, -0.2) is 13.4 Å². The molecule has 1 saturated carbocycles. The number of hydrogen-bond donors (Lipinski definition) is 0. The first-order valence-corrected chi connectivity index (χ1v) is 10.4. The van der Waals surface area contributed by atoms with Crippen LogP contribution in [0.1, 0.15) is 41.0 Å². The first-order chi connectivity index (χ1) is 11.8. The van der Waals surface area contributed by atoms with Crippen molar-refractivity contribution in [3.63, 3.8) is 0 Å². The van der Waals surface area contributed by atoms with Gasteiger partial charge in [-0.1, -0.05) is 0 Å². The zero-order valence-corrected chi connectivity index (χ0v) is 15.5. The van der Waals surface area contributed by atoms with Gasteiger partial charge in [0, 0.05) is 24.8 Å². The zero-order valence-electron chi connectivity index (χ0n) is 14.7. The second-order valence-electron chi connectivity index (χ2n) is 7.22. The van der Waals surface area contributed by atoms with Gasteiger partial charge in [0.15, 0.2) is 15.5 Å². The van der Waals surface area contributed by atoms with Gasteiger partial charge in [-0.3, -0.25) is 9.48 Å². The van der Waals surface area contributed by atoms with E-state index in [0.717, 1.165) is 29.6 Å². The van der Waals surface area contributed by atoms with Crippen LogP contribution in [-0.4, -0.2) is 57.6 Å². The van der Waals surface area contributed by atoms with Crippen molar-refractivity contribution in [2.75, 3.05) is 11.5 Å². The second kappa shape index (κ2) is 5.52. The van der Waals surface area contributed by atoms with E-state index < -0.39 is 9.84 Å². The number of sulfone groups is 1. The number of rotatable bonds is 3. The van der Waals surface area contributed by atoms with Gasteiger partial charge in [0.2, 0.25) is 0 Å². The van der Waals surface area contributed by atoms with Gasteiger partial charge in [-0.05, 0) is 39.2 Å². The summed E-state index contributed by atoms with van der Waals surface area (Å²) in [6, 6.07) is 1.75. The Balaban J connectivity index is 1.80. The third-order valence-corrected chi connectivity index (χ3v) is 6.85. The summed E-state index contributed by atoms with van der Waals surface area (Å²) in [5, 5.41) is 5.17. The highest BCUT2D eigenvalue weighted by Crippen LogP contribution is 2.35. The van der Waals surface area contributed by atoms with Crippen molar-refractivity contribution in [3.8, 4) is 0 Å². The molecule has 0 spiro atoms. The molecule has 1 saturated heterocycles. The lowest BCUT2D eigenvalue weighted by Crippen LogP contribution is -2.42. The molecule has 25 heavy (non-hydrogen) atoms. The first-order valence-electron chi connectivity index (χ1n) is 8.61. The van der Waals surface area contributed by atoms with Gasteiger partial charge in [-0.15, -0.1) is 0 Å². The molecule has 1 atom stereocenters. The molecule has 2 fully saturated rings. The monoisotopic (exact) mass is 362 g/mol. The predicted molar refractivity (Wildman–Crippen MR) is 94.2 cm³/mol. The van der Waals surface area contributed by atoms with Crippen molar-refractivity contribution in [2.45, 2.75) is 45.2 Å². The third kappa shape index (κ3) is 2.82. The lowest BCUT2D eigenvalue weighted by Gasteiger charge is -2.28. The molecule has 0 radical (unpaired) electrons. The molecular formula is C17H22N4O3S. The number of carbonyl (C=O) groups excluding carboxylic acids is 1. The van der Waals surface area contributed by atoms with Crippen molar-refractivity contribution in [2.24, 2.45) is 7.05 Å². The summed E-state index contributed by atoms with van der Waals surface area (Å²) < 4.78 is 25.5. The van der Waals surface area contributed by atoms with Crippen LogP contribution in [0.25, 0.3) is 11.0 Å². The SMILES string of the molecule is Cc1cc(C(=O)N(C2CC2)C2CCS(=O)(=O)C2)c2c(C)nn(C)c2n1. The number of hydrogen-bond acceptors (Lipinski definition) is 5. The maximum absolute atomic E-state index is 13.4. The highest BCUT2D eigenvalue weighted by Gasteiger charge is 2.43. The van der Waals surface area contributed by atoms with Gasteiger partial charge >= 0.3 is 0 Å². The number of pyridine rings is 1. The number of aryl methyl sites for hydroxylation is 3. The van der Waals surface area contributed by atoms with Gasteiger partial charge in [-0.2, -0.15) is 5.10 Å². The number of aromatic nitrogens is 3. The molecule has 0 aromatic carbocycles. The summed E-state index contributed by atoms with van der Waals surface area (Å²) in [7, 11) is -1.22. The first kappa shape index (κ1) is 16.5. The minimum absolute atomic E-state index is 0.0778. The Kier molecular flexibility index (Phi) is 3.64. The number of fused-ring (bicyclic) bond motifs is 1. The Morgan fingerprint density at radius 3 is 2.56 bits per heavy atom. The van der Waals surface area contributed by atoms with Crippen LogP contribution in [0.5, 0.6) is 0 Å². The minimum Gasteiger partial charge on any atom is -0.332 e. The van der Waals surface area contributed by atoms with Crippen LogP contribution >= 0.6 is 0 Å². The number of carbonyl (C=O) groups is 1. The molecule has 1 aliphatic carbocycles. The van der Waals surface area contributed by atoms with Gasteiger partial charge < -0.3 is 4.90 Å². The zero-order chi connectivity index (χ0) is 17.9. The van der Waals surface area contributed by atoms with Crippen LogP contribution in [0.2, 0.25) is 0 Å². The summed E-state index contributed by atoms with van der Waals surface area (Å²) in [6.07, 6.45) is 2.42. The average Bonchev–Trinajstić information content (AvgIpc) is 3.23. The molecule has 1 amide bonds. The second-order valence-corrected chi connectivity index (χ2v) is 9.45. The lowest BCUT2D eigenvalue weighted by atomic mass is 10.1. The maximum Gasteiger partial charge on any atom is 0.255 e. The molecule has 1 aliphatic heterocycles. The fourth-order valence-electron chi connectivity index (χ4n) is 3.85. The van der Waals surface area contributed by atoms with Gasteiger partial charge in [0.25, 0.3) is 5.91 Å². The van der Waals surface area contributed by atoms with E-state index in [9.17, 15) is 13.2 Å². The van der Waals surface area contributed by atoms with E-state index in [1.165, 1.54) is 0 Å². The molecule has 4 rings (SSSR count). The molecule has 0 bridgehead atoms. The highest BCUT2D eigenvalue weighted by atomic mass is 32.2. The Morgan fingerprint density at radius 2 is 1.96 bits per heavy atom. The molecule has 2 aromatic heterocycles. The molecule has 0 N–H and O–H groups in total. The Labute approximate surface area is 146 Å². The molecule has 2 aromatic rings. The van der Waals surface area contributed by atoms with E-state index in [4.69, 9.17) is 0 Å². The summed E-state index contributed by atoms with van der Waals surface area (Å²) in [5.74, 6) is 0.162. The Hall–Kier alpha value is -1.96. The van der Waals surface area contributed by atoms with Crippen LogP contribution in [0, 0.1) is 13.8 Å². The van der Waals surface area contributed by atoms with Crippen LogP contribution in [-0.2, 0) is 16.9 Å². The van der Waals surface area contributed by atoms with Crippen molar-refractivity contribution < 1.29 is 13.2 Å². The quantitative estimate of drug-likeness (QED) is 0.823. The summed E-state index contributed by atoms with van der Waals surface area (Å²) in [5.41, 5.74) is 2.80. The minimum atomic E-state index is -3.04. The maximum atomic E-state index is 13.4. The Morgan fingerprint density at radius 1 is 1.24 bits per heavy atom. The van der Waals surface area contributed by atoms with Crippen molar-refractivity contribution >= 4 is 26.8 Å². The Bertz CT molecular complexity index is 975. The predicted octanol–water partition coefficient (Wildman–Crippen LogP) is 1.38. The number of nitrogens with zero attached hydrogens (tertiary/aromatic N) is 4. The normalized spacial score (nSPS) is 22.4. The van der Waals surface area contributed by atoms with Gasteiger partial charge in [0.1, 0.15) is 0 Å². The van der Waals surface area contributed by atoms with Crippen LogP contribution in [0.3, 0.4) is 0 Å². The van der Waals surface area contributed by atoms with Crippen LogP contribution in [0.15, 0.2) is 6.07 Å². The highest BCUT2D eigenvalue weighted by molar-refractivity contribution is 7.91. The van der Waals surface area contributed by atoms with E-state index in [1.54, 1.807) is 10.7 Å². The van der Waals surface area contributed by atoms with E-state index in [0.29, 0.717) is 17.6 Å².